The summed E-state index contributed by atoms with van der Waals surface area (Å²) in [6, 6.07) is 0.698. The van der Waals surface area contributed by atoms with Crippen LogP contribution in [0.15, 0.2) is 0 Å². The van der Waals surface area contributed by atoms with Crippen LogP contribution in [0.3, 0.4) is 0 Å². The van der Waals surface area contributed by atoms with Crippen molar-refractivity contribution >= 4 is 11.8 Å². The predicted molar refractivity (Wildman–Crippen MR) is 70.7 cm³/mol. The number of piperidine rings is 1. The first-order valence-corrected chi connectivity index (χ1v) is 7.35. The van der Waals surface area contributed by atoms with E-state index in [0.717, 1.165) is 5.25 Å². The summed E-state index contributed by atoms with van der Waals surface area (Å²) in [5.41, 5.74) is 0. The van der Waals surface area contributed by atoms with Crippen LogP contribution in [-0.4, -0.2) is 48.1 Å². The van der Waals surface area contributed by atoms with Gasteiger partial charge in [-0.2, -0.15) is 11.8 Å². The molecule has 1 N–H and O–H groups in total. The molecule has 0 aromatic rings. The minimum atomic E-state index is 0.698. The highest BCUT2D eigenvalue weighted by molar-refractivity contribution is 7.99. The van der Waals surface area contributed by atoms with Gasteiger partial charge < -0.3 is 10.2 Å². The number of hydrogen-bond donors (Lipinski definition) is 1. The van der Waals surface area contributed by atoms with Gasteiger partial charge in [-0.1, -0.05) is 6.92 Å². The Labute approximate surface area is 99.2 Å². The molecule has 90 valence electrons. The van der Waals surface area contributed by atoms with Crippen LogP contribution in [-0.2, 0) is 0 Å². The van der Waals surface area contributed by atoms with Gasteiger partial charge >= 0.3 is 0 Å². The zero-order valence-corrected chi connectivity index (χ0v) is 11.3. The molecule has 0 amide bonds. The van der Waals surface area contributed by atoms with Crippen molar-refractivity contribution in [3.63, 3.8) is 0 Å². The Morgan fingerprint density at radius 2 is 2.00 bits per heavy atom. The molecule has 0 aliphatic carbocycles. The molecule has 0 saturated carbocycles. The lowest BCUT2D eigenvalue weighted by atomic mass is 10.2. The first-order valence-electron chi connectivity index (χ1n) is 6.30. The average molecular weight is 230 g/mol. The molecule has 0 spiro atoms. The number of rotatable bonds is 6. The van der Waals surface area contributed by atoms with E-state index < -0.39 is 0 Å². The maximum atomic E-state index is 3.42. The Balaban J connectivity index is 2.08. The Bertz CT molecular complexity index is 156. The van der Waals surface area contributed by atoms with Crippen molar-refractivity contribution in [3.05, 3.63) is 0 Å². The quantitative estimate of drug-likeness (QED) is 0.753. The number of hydrogen-bond acceptors (Lipinski definition) is 3. The topological polar surface area (TPSA) is 15.3 Å². The summed E-state index contributed by atoms with van der Waals surface area (Å²) in [5, 5.41) is 4.33. The molecular weight excluding hydrogens is 204 g/mol. The van der Waals surface area contributed by atoms with Crippen LogP contribution < -0.4 is 5.32 Å². The monoisotopic (exact) mass is 230 g/mol. The normalized spacial score (nSPS) is 19.0. The summed E-state index contributed by atoms with van der Waals surface area (Å²) in [6.45, 7) is 11.7. The van der Waals surface area contributed by atoms with E-state index in [0.29, 0.717) is 6.04 Å². The second kappa shape index (κ2) is 7.53. The molecule has 2 nitrogen and oxygen atoms in total. The van der Waals surface area contributed by atoms with Crippen molar-refractivity contribution in [2.45, 2.75) is 44.9 Å². The van der Waals surface area contributed by atoms with Crippen molar-refractivity contribution in [3.8, 4) is 0 Å². The van der Waals surface area contributed by atoms with E-state index in [2.05, 4.69) is 42.7 Å². The summed E-state index contributed by atoms with van der Waals surface area (Å²) < 4.78 is 0. The third kappa shape index (κ3) is 5.23. The van der Waals surface area contributed by atoms with Gasteiger partial charge in [-0.15, -0.1) is 0 Å². The lowest BCUT2D eigenvalue weighted by molar-refractivity contribution is 0.248. The minimum Gasteiger partial charge on any atom is -0.317 e. The van der Waals surface area contributed by atoms with Crippen LogP contribution in [0, 0.1) is 0 Å². The molecule has 15 heavy (non-hydrogen) atoms. The Kier molecular flexibility index (Phi) is 6.69. The van der Waals surface area contributed by atoms with E-state index in [-0.39, 0.29) is 0 Å². The van der Waals surface area contributed by atoms with Gasteiger partial charge in [-0.25, -0.2) is 0 Å². The van der Waals surface area contributed by atoms with Crippen LogP contribution in [0.1, 0.15) is 33.6 Å². The first kappa shape index (κ1) is 13.3. The van der Waals surface area contributed by atoms with Gasteiger partial charge in [0.05, 0.1) is 0 Å². The molecule has 0 atom stereocenters. The fourth-order valence-electron chi connectivity index (χ4n) is 2.08. The molecule has 1 aliphatic rings. The van der Waals surface area contributed by atoms with Crippen LogP contribution in [0.4, 0.5) is 0 Å². The van der Waals surface area contributed by atoms with Gasteiger partial charge in [0, 0.05) is 23.6 Å². The molecule has 3 heteroatoms. The zero-order valence-electron chi connectivity index (χ0n) is 10.5. The van der Waals surface area contributed by atoms with Crippen LogP contribution >= 0.6 is 11.8 Å². The Hall–Kier alpha value is 0.270. The summed E-state index contributed by atoms with van der Waals surface area (Å²) in [7, 11) is 0. The number of nitrogens with zero attached hydrogens (tertiary/aromatic N) is 1. The van der Waals surface area contributed by atoms with Crippen molar-refractivity contribution < 1.29 is 0 Å². The summed E-state index contributed by atoms with van der Waals surface area (Å²) in [5.74, 6) is 1.30. The summed E-state index contributed by atoms with van der Waals surface area (Å²) in [6.07, 6.45) is 2.72. The molecule has 0 unspecified atom stereocenters. The smallest absolute Gasteiger partial charge is 0.00750 e. The van der Waals surface area contributed by atoms with Crippen molar-refractivity contribution in [2.24, 2.45) is 0 Å². The first-order chi connectivity index (χ1) is 7.24. The number of nitrogens with one attached hydrogen (secondary N) is 1. The summed E-state index contributed by atoms with van der Waals surface area (Å²) >= 11 is 2.18. The van der Waals surface area contributed by atoms with E-state index >= 15 is 0 Å². The highest BCUT2D eigenvalue weighted by Gasteiger charge is 2.14. The second-order valence-electron chi connectivity index (χ2n) is 4.54. The van der Waals surface area contributed by atoms with Gasteiger partial charge in [0.15, 0.2) is 0 Å². The fraction of sp³-hybridized carbons (Fsp3) is 1.00. The van der Waals surface area contributed by atoms with Crippen LogP contribution in [0.5, 0.6) is 0 Å². The van der Waals surface area contributed by atoms with E-state index in [1.54, 1.807) is 0 Å². The summed E-state index contributed by atoms with van der Waals surface area (Å²) in [4.78, 5) is 2.55. The van der Waals surface area contributed by atoms with E-state index in [1.807, 2.05) is 0 Å². The van der Waals surface area contributed by atoms with Gasteiger partial charge in [0.2, 0.25) is 0 Å². The van der Waals surface area contributed by atoms with Crippen molar-refractivity contribution in [2.75, 3.05) is 31.9 Å². The van der Waals surface area contributed by atoms with Crippen molar-refractivity contribution in [1.82, 2.24) is 10.2 Å². The number of thioether (sulfide) groups is 1. The molecule has 1 fully saturated rings. The fourth-order valence-corrected chi connectivity index (χ4v) is 3.32. The van der Waals surface area contributed by atoms with Crippen LogP contribution in [0.2, 0.25) is 0 Å². The Morgan fingerprint density at radius 3 is 2.53 bits per heavy atom. The largest absolute Gasteiger partial charge is 0.317 e. The molecular formula is C12H26N2S. The molecule has 1 saturated heterocycles. The SMILES string of the molecule is CCN(CCSC1CCNCC1)C(C)C. The molecule has 0 aromatic carbocycles. The Morgan fingerprint density at radius 1 is 1.33 bits per heavy atom. The van der Waals surface area contributed by atoms with E-state index in [1.165, 1.54) is 44.8 Å². The maximum absolute atomic E-state index is 3.42. The molecule has 1 aliphatic heterocycles. The van der Waals surface area contributed by atoms with Crippen molar-refractivity contribution in [1.29, 1.82) is 0 Å². The van der Waals surface area contributed by atoms with Gasteiger partial charge in [0.25, 0.3) is 0 Å². The molecule has 1 heterocycles. The third-order valence-electron chi connectivity index (χ3n) is 3.15. The standard InChI is InChI=1S/C12H26N2S/c1-4-14(11(2)3)9-10-15-12-5-7-13-8-6-12/h11-13H,4-10H2,1-3H3. The van der Waals surface area contributed by atoms with E-state index in [9.17, 15) is 0 Å². The second-order valence-corrected chi connectivity index (χ2v) is 5.95. The zero-order chi connectivity index (χ0) is 11.1. The third-order valence-corrected chi connectivity index (χ3v) is 4.52. The predicted octanol–water partition coefficient (Wildman–Crippen LogP) is 2.20. The van der Waals surface area contributed by atoms with Gasteiger partial charge in [0.1, 0.15) is 0 Å². The average Bonchev–Trinajstić information content (AvgIpc) is 2.25. The maximum Gasteiger partial charge on any atom is 0.00750 e. The molecule has 0 radical (unpaired) electrons. The molecule has 0 aromatic heterocycles. The van der Waals surface area contributed by atoms with Gasteiger partial charge in [-0.3, -0.25) is 0 Å². The highest BCUT2D eigenvalue weighted by atomic mass is 32.2. The molecule has 1 rings (SSSR count). The van der Waals surface area contributed by atoms with Crippen LogP contribution in [0.25, 0.3) is 0 Å². The lowest BCUT2D eigenvalue weighted by Gasteiger charge is -2.27. The lowest BCUT2D eigenvalue weighted by Crippen LogP contribution is -2.34. The highest BCUT2D eigenvalue weighted by Crippen LogP contribution is 2.20. The molecule has 0 bridgehead atoms. The van der Waals surface area contributed by atoms with E-state index in [4.69, 9.17) is 0 Å². The van der Waals surface area contributed by atoms with Gasteiger partial charge in [-0.05, 0) is 46.3 Å². The minimum absolute atomic E-state index is 0.698.